The Morgan fingerprint density at radius 3 is 2.70 bits per heavy atom. The van der Waals surface area contributed by atoms with Gasteiger partial charge in [-0.3, -0.25) is 9.59 Å². The quantitative estimate of drug-likeness (QED) is 0.861. The van der Waals surface area contributed by atoms with E-state index in [9.17, 15) is 22.8 Å². The van der Waals surface area contributed by atoms with Gasteiger partial charge in [-0.15, -0.1) is 0 Å². The number of halogens is 3. The second kappa shape index (κ2) is 5.15. The molecule has 1 aliphatic heterocycles. The Bertz CT molecular complexity index is 543. The maximum Gasteiger partial charge on any atom is 0.397 e. The van der Waals surface area contributed by atoms with E-state index < -0.39 is 30.5 Å². The molecule has 0 spiro atoms. The third-order valence-corrected chi connectivity index (χ3v) is 3.13. The maximum absolute atomic E-state index is 12.3. The molecule has 1 atom stereocenters. The highest BCUT2D eigenvalue weighted by Gasteiger charge is 2.37. The van der Waals surface area contributed by atoms with Crippen LogP contribution in [-0.2, 0) is 16.1 Å². The third-order valence-electron chi connectivity index (χ3n) is 3.13. The summed E-state index contributed by atoms with van der Waals surface area (Å²) in [6.45, 7) is 1.39. The van der Waals surface area contributed by atoms with Gasteiger partial charge in [-0.1, -0.05) is 18.2 Å². The van der Waals surface area contributed by atoms with Crippen molar-refractivity contribution in [2.24, 2.45) is 0 Å². The number of hydrogen-bond acceptors (Lipinski definition) is 2. The summed E-state index contributed by atoms with van der Waals surface area (Å²) in [5, 5.41) is 2.61. The second-order valence-electron chi connectivity index (χ2n) is 4.64. The largest absolute Gasteiger partial charge is 0.397 e. The Kier molecular flexibility index (Phi) is 3.69. The van der Waals surface area contributed by atoms with Gasteiger partial charge in [-0.25, -0.2) is 0 Å². The topological polar surface area (TPSA) is 49.4 Å². The van der Waals surface area contributed by atoms with E-state index in [4.69, 9.17) is 0 Å². The van der Waals surface area contributed by atoms with Crippen molar-refractivity contribution in [1.82, 2.24) is 4.90 Å². The van der Waals surface area contributed by atoms with Crippen LogP contribution in [0.15, 0.2) is 24.3 Å². The Balaban J connectivity index is 2.29. The van der Waals surface area contributed by atoms with E-state index in [-0.39, 0.29) is 6.54 Å². The molecule has 108 valence electrons. The van der Waals surface area contributed by atoms with Gasteiger partial charge in [-0.05, 0) is 18.6 Å². The number of carbonyl (C=O) groups excluding carboxylic acids is 2. The highest BCUT2D eigenvalue weighted by molar-refractivity contribution is 5.98. The highest BCUT2D eigenvalue weighted by atomic mass is 19.4. The lowest BCUT2D eigenvalue weighted by atomic mass is 10.1. The molecular weight excluding hydrogens is 273 g/mol. The summed E-state index contributed by atoms with van der Waals surface area (Å²) in [7, 11) is 0. The molecule has 0 saturated heterocycles. The van der Waals surface area contributed by atoms with Crippen LogP contribution in [0.3, 0.4) is 0 Å². The van der Waals surface area contributed by atoms with E-state index >= 15 is 0 Å². The molecular formula is C13H13F3N2O2. The van der Waals surface area contributed by atoms with Crippen LogP contribution < -0.4 is 5.32 Å². The predicted octanol–water partition coefficient (Wildman–Crippen LogP) is 2.31. The van der Waals surface area contributed by atoms with Gasteiger partial charge in [0.25, 0.3) is 0 Å². The lowest BCUT2D eigenvalue weighted by Crippen LogP contribution is -2.44. The minimum atomic E-state index is -4.58. The average Bonchev–Trinajstić information content (AvgIpc) is 2.46. The molecule has 20 heavy (non-hydrogen) atoms. The van der Waals surface area contributed by atoms with E-state index in [2.05, 4.69) is 5.32 Å². The van der Waals surface area contributed by atoms with Gasteiger partial charge >= 0.3 is 6.18 Å². The summed E-state index contributed by atoms with van der Waals surface area (Å²) in [6, 6.07) is 5.78. The summed E-state index contributed by atoms with van der Waals surface area (Å²) in [6.07, 6.45) is -6.15. The number of carbonyl (C=O) groups is 2. The normalized spacial score (nSPS) is 19.1. The summed E-state index contributed by atoms with van der Waals surface area (Å²) >= 11 is 0. The van der Waals surface area contributed by atoms with Crippen molar-refractivity contribution in [1.29, 1.82) is 0 Å². The molecule has 4 nitrogen and oxygen atoms in total. The predicted molar refractivity (Wildman–Crippen MR) is 65.8 cm³/mol. The number of anilines is 1. The molecule has 0 aliphatic carbocycles. The first-order valence-electron chi connectivity index (χ1n) is 6.03. The Morgan fingerprint density at radius 1 is 1.40 bits per heavy atom. The molecule has 7 heteroatoms. The molecule has 0 fully saturated rings. The molecule has 1 aromatic carbocycles. The summed E-state index contributed by atoms with van der Waals surface area (Å²) in [5.41, 5.74) is 1.13. The van der Waals surface area contributed by atoms with E-state index in [1.54, 1.807) is 24.3 Å². The molecule has 0 aromatic heterocycles. The lowest BCUT2D eigenvalue weighted by molar-refractivity contribution is -0.164. The molecule has 2 rings (SSSR count). The molecule has 1 aliphatic rings. The van der Waals surface area contributed by atoms with Crippen molar-refractivity contribution >= 4 is 17.5 Å². The summed E-state index contributed by atoms with van der Waals surface area (Å²) in [5.74, 6) is -1.60. The van der Waals surface area contributed by atoms with Crippen LogP contribution >= 0.6 is 0 Å². The number of fused-ring (bicyclic) bond motifs is 1. The zero-order valence-electron chi connectivity index (χ0n) is 10.7. The van der Waals surface area contributed by atoms with Crippen LogP contribution in [0.2, 0.25) is 0 Å². The fraction of sp³-hybridized carbons (Fsp3) is 0.385. The van der Waals surface area contributed by atoms with Gasteiger partial charge in [0.15, 0.2) is 0 Å². The smallest absolute Gasteiger partial charge is 0.326 e. The molecule has 1 unspecified atom stereocenters. The molecule has 0 bridgehead atoms. The zero-order chi connectivity index (χ0) is 14.9. The molecule has 0 saturated carbocycles. The Labute approximate surface area is 113 Å². The van der Waals surface area contributed by atoms with E-state index in [0.29, 0.717) is 11.3 Å². The van der Waals surface area contributed by atoms with Crippen LogP contribution in [-0.4, -0.2) is 28.9 Å². The van der Waals surface area contributed by atoms with Crippen LogP contribution in [0.1, 0.15) is 18.9 Å². The fourth-order valence-electron chi connectivity index (χ4n) is 2.06. The van der Waals surface area contributed by atoms with Crippen molar-refractivity contribution < 1.29 is 22.8 Å². The van der Waals surface area contributed by atoms with Crippen molar-refractivity contribution in [3.63, 3.8) is 0 Å². The van der Waals surface area contributed by atoms with Gasteiger partial charge in [0, 0.05) is 12.2 Å². The number of amides is 2. The average molecular weight is 286 g/mol. The number of nitrogens with zero attached hydrogens (tertiary/aromatic N) is 1. The number of benzene rings is 1. The van der Waals surface area contributed by atoms with Crippen LogP contribution in [0.4, 0.5) is 18.9 Å². The minimum Gasteiger partial charge on any atom is -0.326 e. The Morgan fingerprint density at radius 2 is 2.05 bits per heavy atom. The second-order valence-corrected chi connectivity index (χ2v) is 4.64. The maximum atomic E-state index is 12.3. The first-order chi connectivity index (χ1) is 9.28. The van der Waals surface area contributed by atoms with Crippen molar-refractivity contribution in [2.75, 3.05) is 5.32 Å². The molecule has 1 heterocycles. The molecule has 2 amide bonds. The summed E-state index contributed by atoms with van der Waals surface area (Å²) < 4.78 is 37.0. The number of para-hydroxylation sites is 1. The van der Waals surface area contributed by atoms with Crippen LogP contribution in [0.25, 0.3) is 0 Å². The van der Waals surface area contributed by atoms with Crippen molar-refractivity contribution in [3.05, 3.63) is 29.8 Å². The highest BCUT2D eigenvalue weighted by Crippen LogP contribution is 2.26. The molecule has 1 N–H and O–H groups in total. The van der Waals surface area contributed by atoms with Gasteiger partial charge in [0.05, 0.1) is 0 Å². The van der Waals surface area contributed by atoms with Gasteiger partial charge in [0.1, 0.15) is 12.5 Å². The van der Waals surface area contributed by atoms with Crippen LogP contribution in [0.5, 0.6) is 0 Å². The monoisotopic (exact) mass is 286 g/mol. The number of nitrogens with one attached hydrogen (secondary N) is 1. The zero-order valence-corrected chi connectivity index (χ0v) is 10.7. The van der Waals surface area contributed by atoms with E-state index in [1.807, 2.05) is 0 Å². The van der Waals surface area contributed by atoms with E-state index in [0.717, 1.165) is 4.90 Å². The van der Waals surface area contributed by atoms with Gasteiger partial charge in [0.2, 0.25) is 11.8 Å². The van der Waals surface area contributed by atoms with Crippen LogP contribution in [0, 0.1) is 0 Å². The van der Waals surface area contributed by atoms with E-state index in [1.165, 1.54) is 6.92 Å². The first kappa shape index (κ1) is 14.4. The Hall–Kier alpha value is -2.05. The third kappa shape index (κ3) is 3.09. The number of rotatable bonds is 1. The lowest BCUT2D eigenvalue weighted by Gasteiger charge is -2.26. The molecule has 0 radical (unpaired) electrons. The van der Waals surface area contributed by atoms with Crippen molar-refractivity contribution in [2.45, 2.75) is 32.1 Å². The first-order valence-corrected chi connectivity index (χ1v) is 6.03. The number of alkyl halides is 3. The van der Waals surface area contributed by atoms with Gasteiger partial charge < -0.3 is 10.2 Å². The SMILES string of the molecule is CC1C(=O)Nc2ccccc2CN1C(=O)CC(F)(F)F. The minimum absolute atomic E-state index is 0.0228. The molecule has 1 aromatic rings. The van der Waals surface area contributed by atoms with Gasteiger partial charge in [-0.2, -0.15) is 13.2 Å². The standard InChI is InChI=1S/C13H13F3N2O2/c1-8-12(20)17-10-5-3-2-4-9(10)7-18(8)11(19)6-13(14,15)16/h2-5,8H,6-7H2,1H3,(H,17,20). The fourth-order valence-corrected chi connectivity index (χ4v) is 2.06. The summed E-state index contributed by atoms with van der Waals surface area (Å²) in [4.78, 5) is 24.6. The number of hydrogen-bond donors (Lipinski definition) is 1. The van der Waals surface area contributed by atoms with Crippen molar-refractivity contribution in [3.8, 4) is 0 Å².